The molecule has 0 fully saturated rings. The number of ether oxygens (including phenoxy) is 2. The van der Waals surface area contributed by atoms with Crippen molar-refractivity contribution in [2.24, 2.45) is 0 Å². The molecule has 2 rings (SSSR count). The predicted molar refractivity (Wildman–Crippen MR) is 81.8 cm³/mol. The quantitative estimate of drug-likeness (QED) is 0.767. The molecule has 0 saturated carbocycles. The number of nitrogens with zero attached hydrogens (tertiary/aromatic N) is 1. The molecule has 1 heterocycles. The second kappa shape index (κ2) is 7.50. The molecule has 0 saturated heterocycles. The SMILES string of the molecule is COCCOc1ccc(NC(C)c2cccc(O)c2)cn1. The molecule has 0 aliphatic rings. The van der Waals surface area contributed by atoms with Gasteiger partial charge in [-0.1, -0.05) is 12.1 Å². The first kappa shape index (κ1) is 15.1. The average molecular weight is 288 g/mol. The van der Waals surface area contributed by atoms with Gasteiger partial charge in [-0.05, 0) is 30.7 Å². The van der Waals surface area contributed by atoms with Gasteiger partial charge in [0.1, 0.15) is 12.4 Å². The first-order valence-electron chi connectivity index (χ1n) is 6.82. The number of nitrogens with one attached hydrogen (secondary N) is 1. The summed E-state index contributed by atoms with van der Waals surface area (Å²) < 4.78 is 10.3. The highest BCUT2D eigenvalue weighted by Crippen LogP contribution is 2.22. The Morgan fingerprint density at radius 1 is 1.24 bits per heavy atom. The zero-order valence-corrected chi connectivity index (χ0v) is 12.2. The molecular formula is C16H20N2O3. The Morgan fingerprint density at radius 3 is 2.76 bits per heavy atom. The molecule has 0 radical (unpaired) electrons. The highest BCUT2D eigenvalue weighted by atomic mass is 16.5. The minimum absolute atomic E-state index is 0.0687. The van der Waals surface area contributed by atoms with Crippen molar-refractivity contribution in [2.75, 3.05) is 25.6 Å². The number of hydrogen-bond acceptors (Lipinski definition) is 5. The van der Waals surface area contributed by atoms with Gasteiger partial charge in [0.2, 0.25) is 5.88 Å². The van der Waals surface area contributed by atoms with Crippen LogP contribution in [0.2, 0.25) is 0 Å². The Kier molecular flexibility index (Phi) is 5.40. The van der Waals surface area contributed by atoms with Gasteiger partial charge < -0.3 is 19.9 Å². The van der Waals surface area contributed by atoms with Crippen LogP contribution in [0.15, 0.2) is 42.6 Å². The molecule has 5 heteroatoms. The molecule has 0 aliphatic heterocycles. The lowest BCUT2D eigenvalue weighted by atomic mass is 10.1. The molecule has 1 aromatic carbocycles. The lowest BCUT2D eigenvalue weighted by Gasteiger charge is -2.16. The fourth-order valence-corrected chi connectivity index (χ4v) is 1.91. The number of aromatic nitrogens is 1. The van der Waals surface area contributed by atoms with Crippen molar-refractivity contribution < 1.29 is 14.6 Å². The van der Waals surface area contributed by atoms with Crippen molar-refractivity contribution >= 4 is 5.69 Å². The Balaban J connectivity index is 1.93. The third-order valence-electron chi connectivity index (χ3n) is 3.03. The molecule has 2 N–H and O–H groups in total. The number of phenolic OH excluding ortho intramolecular Hbond substituents is 1. The van der Waals surface area contributed by atoms with Crippen LogP contribution in [-0.4, -0.2) is 30.4 Å². The summed E-state index contributed by atoms with van der Waals surface area (Å²) in [6.07, 6.45) is 1.72. The summed E-state index contributed by atoms with van der Waals surface area (Å²) in [5.74, 6) is 0.837. The number of benzene rings is 1. The van der Waals surface area contributed by atoms with Crippen LogP contribution in [0.25, 0.3) is 0 Å². The van der Waals surface area contributed by atoms with Crippen molar-refractivity contribution in [3.8, 4) is 11.6 Å². The third-order valence-corrected chi connectivity index (χ3v) is 3.03. The Morgan fingerprint density at radius 2 is 2.10 bits per heavy atom. The van der Waals surface area contributed by atoms with Gasteiger partial charge in [-0.15, -0.1) is 0 Å². The molecule has 1 aromatic heterocycles. The van der Waals surface area contributed by atoms with E-state index in [0.717, 1.165) is 11.3 Å². The number of aromatic hydroxyl groups is 1. The maximum atomic E-state index is 9.50. The Hall–Kier alpha value is -2.27. The van der Waals surface area contributed by atoms with Gasteiger partial charge in [0, 0.05) is 19.2 Å². The van der Waals surface area contributed by atoms with Gasteiger partial charge in [-0.2, -0.15) is 0 Å². The molecular weight excluding hydrogens is 268 g/mol. The van der Waals surface area contributed by atoms with Crippen LogP contribution >= 0.6 is 0 Å². The Bertz CT molecular complexity index is 558. The fourth-order valence-electron chi connectivity index (χ4n) is 1.91. The summed E-state index contributed by atoms with van der Waals surface area (Å²) in [7, 11) is 1.63. The molecule has 0 amide bonds. The van der Waals surface area contributed by atoms with Gasteiger partial charge in [0.15, 0.2) is 0 Å². The van der Waals surface area contributed by atoms with E-state index in [1.165, 1.54) is 0 Å². The summed E-state index contributed by atoms with van der Waals surface area (Å²) in [6, 6.07) is 11.0. The number of rotatable bonds is 7. The molecule has 2 aromatic rings. The van der Waals surface area contributed by atoms with Gasteiger partial charge in [-0.3, -0.25) is 0 Å². The number of anilines is 1. The molecule has 112 valence electrons. The van der Waals surface area contributed by atoms with E-state index in [0.29, 0.717) is 19.1 Å². The first-order chi connectivity index (χ1) is 10.2. The lowest BCUT2D eigenvalue weighted by Crippen LogP contribution is -2.08. The average Bonchev–Trinajstić information content (AvgIpc) is 2.49. The highest BCUT2D eigenvalue weighted by Gasteiger charge is 2.06. The van der Waals surface area contributed by atoms with E-state index < -0.39 is 0 Å². The number of pyridine rings is 1. The third kappa shape index (κ3) is 4.65. The van der Waals surface area contributed by atoms with Crippen molar-refractivity contribution in [2.45, 2.75) is 13.0 Å². The van der Waals surface area contributed by atoms with Crippen LogP contribution in [0.1, 0.15) is 18.5 Å². The maximum absolute atomic E-state index is 9.50. The molecule has 0 aliphatic carbocycles. The molecule has 0 bridgehead atoms. The zero-order chi connectivity index (χ0) is 15.1. The topological polar surface area (TPSA) is 63.6 Å². The van der Waals surface area contributed by atoms with E-state index >= 15 is 0 Å². The fraction of sp³-hybridized carbons (Fsp3) is 0.312. The van der Waals surface area contributed by atoms with Crippen LogP contribution in [0, 0.1) is 0 Å². The van der Waals surface area contributed by atoms with Crippen LogP contribution < -0.4 is 10.1 Å². The summed E-state index contributed by atoms with van der Waals surface area (Å²) in [6.45, 7) is 3.05. The minimum Gasteiger partial charge on any atom is -0.508 e. The second-order valence-electron chi connectivity index (χ2n) is 4.69. The monoisotopic (exact) mass is 288 g/mol. The van der Waals surface area contributed by atoms with Crippen LogP contribution in [-0.2, 0) is 4.74 Å². The number of phenols is 1. The van der Waals surface area contributed by atoms with Crippen LogP contribution in [0.4, 0.5) is 5.69 Å². The summed E-state index contributed by atoms with van der Waals surface area (Å²) >= 11 is 0. The van der Waals surface area contributed by atoms with Crippen molar-refractivity contribution in [1.29, 1.82) is 0 Å². The van der Waals surface area contributed by atoms with Gasteiger partial charge in [0.05, 0.1) is 18.5 Å². The Labute approximate surface area is 124 Å². The predicted octanol–water partition coefficient (Wildman–Crippen LogP) is 2.99. The maximum Gasteiger partial charge on any atom is 0.213 e. The summed E-state index contributed by atoms with van der Waals surface area (Å²) in [5.41, 5.74) is 1.90. The standard InChI is InChI=1S/C16H20N2O3/c1-12(13-4-3-5-15(19)10-13)18-14-6-7-16(17-11-14)21-9-8-20-2/h3-7,10-12,18-19H,8-9H2,1-2H3. The van der Waals surface area contributed by atoms with E-state index in [9.17, 15) is 5.11 Å². The van der Waals surface area contributed by atoms with Crippen molar-refractivity contribution in [1.82, 2.24) is 4.98 Å². The van der Waals surface area contributed by atoms with Crippen LogP contribution in [0.5, 0.6) is 11.6 Å². The lowest BCUT2D eigenvalue weighted by molar-refractivity contribution is 0.144. The van der Waals surface area contributed by atoms with Crippen LogP contribution in [0.3, 0.4) is 0 Å². The molecule has 1 atom stereocenters. The molecule has 1 unspecified atom stereocenters. The smallest absolute Gasteiger partial charge is 0.213 e. The zero-order valence-electron chi connectivity index (χ0n) is 12.2. The van der Waals surface area contributed by atoms with Crippen molar-refractivity contribution in [3.63, 3.8) is 0 Å². The van der Waals surface area contributed by atoms with E-state index in [4.69, 9.17) is 9.47 Å². The van der Waals surface area contributed by atoms with E-state index in [1.54, 1.807) is 25.4 Å². The highest BCUT2D eigenvalue weighted by molar-refractivity contribution is 5.45. The minimum atomic E-state index is 0.0687. The van der Waals surface area contributed by atoms with Gasteiger partial charge in [-0.25, -0.2) is 4.98 Å². The van der Waals surface area contributed by atoms with E-state index in [2.05, 4.69) is 10.3 Å². The number of hydrogen-bond donors (Lipinski definition) is 2. The normalized spacial score (nSPS) is 11.9. The first-order valence-corrected chi connectivity index (χ1v) is 6.82. The second-order valence-corrected chi connectivity index (χ2v) is 4.69. The van der Waals surface area contributed by atoms with E-state index in [1.807, 2.05) is 31.2 Å². The summed E-state index contributed by atoms with van der Waals surface area (Å²) in [5, 5.41) is 12.8. The van der Waals surface area contributed by atoms with Gasteiger partial charge in [0.25, 0.3) is 0 Å². The number of methoxy groups -OCH3 is 1. The van der Waals surface area contributed by atoms with E-state index in [-0.39, 0.29) is 11.8 Å². The largest absolute Gasteiger partial charge is 0.508 e. The van der Waals surface area contributed by atoms with Gasteiger partial charge >= 0.3 is 0 Å². The molecule has 0 spiro atoms. The summed E-state index contributed by atoms with van der Waals surface area (Å²) in [4.78, 5) is 4.23. The molecule has 5 nitrogen and oxygen atoms in total. The van der Waals surface area contributed by atoms with Crippen molar-refractivity contribution in [3.05, 3.63) is 48.2 Å². The molecule has 21 heavy (non-hydrogen) atoms.